The minimum Gasteiger partial charge on any atom is -0.492 e. The zero-order chi connectivity index (χ0) is 18.8. The number of nitrogens with zero attached hydrogens (tertiary/aromatic N) is 1. The Labute approximate surface area is 156 Å². The number of amides is 1. The van der Waals surface area contributed by atoms with Gasteiger partial charge in [0, 0.05) is 12.3 Å². The predicted octanol–water partition coefficient (Wildman–Crippen LogP) is 4.81. The summed E-state index contributed by atoms with van der Waals surface area (Å²) in [6.07, 6.45) is 7.53. The monoisotopic (exact) mass is 358 g/mol. The fourth-order valence-electron chi connectivity index (χ4n) is 3.25. The van der Waals surface area contributed by atoms with Crippen LogP contribution in [0.15, 0.2) is 18.2 Å². The number of hydrogen-bond donors (Lipinski definition) is 1. The molecule has 142 valence electrons. The van der Waals surface area contributed by atoms with Gasteiger partial charge in [0.1, 0.15) is 17.4 Å². The van der Waals surface area contributed by atoms with Crippen molar-refractivity contribution in [3.05, 3.63) is 23.8 Å². The third-order valence-electron chi connectivity index (χ3n) is 4.77. The topological polar surface area (TPSA) is 71.3 Å². The molecule has 1 aliphatic rings. The number of nitriles is 1. The molecule has 0 radical (unpaired) electrons. The highest BCUT2D eigenvalue weighted by Crippen LogP contribution is 2.33. The number of anilines is 1. The van der Waals surface area contributed by atoms with E-state index in [1.807, 2.05) is 6.92 Å². The van der Waals surface area contributed by atoms with Crippen LogP contribution in [-0.4, -0.2) is 24.7 Å². The number of carbonyl (C=O) groups is 1. The molecule has 1 fully saturated rings. The lowest BCUT2D eigenvalue weighted by molar-refractivity contribution is -0.146. The summed E-state index contributed by atoms with van der Waals surface area (Å²) in [5.41, 5.74) is 0.308. The number of carbonyl (C=O) groups excluding carboxylic acids is 1. The Kier molecular flexibility index (Phi) is 7.93. The van der Waals surface area contributed by atoms with Crippen molar-refractivity contribution in [1.82, 2.24) is 0 Å². The molecule has 0 unspecified atom stereocenters. The molecule has 2 rings (SSSR count). The number of unbranched alkanes of at least 4 members (excludes halogenated alkanes) is 1. The molecule has 1 N–H and O–H groups in total. The molecule has 5 nitrogen and oxygen atoms in total. The second-order valence-corrected chi connectivity index (χ2v) is 6.88. The molecule has 1 amide bonds. The van der Waals surface area contributed by atoms with Crippen molar-refractivity contribution >= 4 is 11.6 Å². The first-order valence-electron chi connectivity index (χ1n) is 9.77. The quantitative estimate of drug-likeness (QED) is 0.643. The summed E-state index contributed by atoms with van der Waals surface area (Å²) in [6.45, 7) is 5.31. The largest absolute Gasteiger partial charge is 0.492 e. The van der Waals surface area contributed by atoms with Crippen molar-refractivity contribution in [2.45, 2.75) is 70.8 Å². The van der Waals surface area contributed by atoms with Gasteiger partial charge in [-0.05, 0) is 43.9 Å². The van der Waals surface area contributed by atoms with Gasteiger partial charge in [-0.25, -0.2) is 0 Å². The number of rotatable bonds is 9. The third kappa shape index (κ3) is 5.22. The Hall–Kier alpha value is -2.06. The summed E-state index contributed by atoms with van der Waals surface area (Å²) in [7, 11) is 0. The SMILES string of the molecule is CCCCOc1ccc(NC(=O)C2(OCCC)CCCCC2)cc1C#N. The van der Waals surface area contributed by atoms with Crippen molar-refractivity contribution in [1.29, 1.82) is 5.26 Å². The van der Waals surface area contributed by atoms with E-state index >= 15 is 0 Å². The van der Waals surface area contributed by atoms with Crippen LogP contribution in [0.25, 0.3) is 0 Å². The first-order valence-corrected chi connectivity index (χ1v) is 9.77. The lowest BCUT2D eigenvalue weighted by Crippen LogP contribution is -2.47. The van der Waals surface area contributed by atoms with Gasteiger partial charge < -0.3 is 14.8 Å². The van der Waals surface area contributed by atoms with Gasteiger partial charge in [0.25, 0.3) is 5.91 Å². The van der Waals surface area contributed by atoms with Crippen LogP contribution in [0.4, 0.5) is 5.69 Å². The summed E-state index contributed by atoms with van der Waals surface area (Å²) < 4.78 is 11.7. The molecule has 0 bridgehead atoms. The standard InChI is InChI=1S/C21H30N2O3/c1-3-5-14-25-19-10-9-18(15-17(19)16-22)23-20(24)21(26-13-4-2)11-7-6-8-12-21/h9-10,15H,3-8,11-14H2,1-2H3,(H,23,24). The molecular formula is C21H30N2O3. The van der Waals surface area contributed by atoms with Crippen LogP contribution in [0.3, 0.4) is 0 Å². The molecular weight excluding hydrogens is 328 g/mol. The normalized spacial score (nSPS) is 15.9. The van der Waals surface area contributed by atoms with Crippen molar-refractivity contribution in [2.75, 3.05) is 18.5 Å². The lowest BCUT2D eigenvalue weighted by atomic mass is 9.83. The molecule has 0 spiro atoms. The minimum atomic E-state index is -0.739. The summed E-state index contributed by atoms with van der Waals surface area (Å²) in [5.74, 6) is 0.461. The average Bonchev–Trinajstić information content (AvgIpc) is 2.68. The molecule has 1 aromatic carbocycles. The molecule has 0 heterocycles. The second-order valence-electron chi connectivity index (χ2n) is 6.88. The average molecular weight is 358 g/mol. The van der Waals surface area contributed by atoms with Gasteiger partial charge in [0.05, 0.1) is 12.2 Å². The fourth-order valence-corrected chi connectivity index (χ4v) is 3.25. The summed E-state index contributed by atoms with van der Waals surface area (Å²) >= 11 is 0. The third-order valence-corrected chi connectivity index (χ3v) is 4.77. The fraction of sp³-hybridized carbons (Fsp3) is 0.619. The molecule has 0 saturated heterocycles. The highest BCUT2D eigenvalue weighted by Gasteiger charge is 2.40. The van der Waals surface area contributed by atoms with E-state index in [1.165, 1.54) is 0 Å². The summed E-state index contributed by atoms with van der Waals surface area (Å²) in [4.78, 5) is 12.9. The van der Waals surface area contributed by atoms with E-state index < -0.39 is 5.60 Å². The van der Waals surface area contributed by atoms with E-state index in [-0.39, 0.29) is 5.91 Å². The van der Waals surface area contributed by atoms with Crippen LogP contribution in [0.5, 0.6) is 5.75 Å². The lowest BCUT2D eigenvalue weighted by Gasteiger charge is -2.35. The minimum absolute atomic E-state index is 0.103. The van der Waals surface area contributed by atoms with Gasteiger partial charge in [0.2, 0.25) is 0 Å². The highest BCUT2D eigenvalue weighted by atomic mass is 16.5. The number of ether oxygens (including phenoxy) is 2. The van der Waals surface area contributed by atoms with Crippen LogP contribution in [0.2, 0.25) is 0 Å². The van der Waals surface area contributed by atoms with E-state index in [9.17, 15) is 10.1 Å². The van der Waals surface area contributed by atoms with Crippen molar-refractivity contribution in [2.24, 2.45) is 0 Å². The zero-order valence-corrected chi connectivity index (χ0v) is 16.0. The number of benzene rings is 1. The van der Waals surface area contributed by atoms with E-state index in [0.717, 1.165) is 51.4 Å². The van der Waals surface area contributed by atoms with Gasteiger partial charge in [0.15, 0.2) is 0 Å². The molecule has 1 saturated carbocycles. The maximum atomic E-state index is 12.9. The van der Waals surface area contributed by atoms with Crippen LogP contribution in [-0.2, 0) is 9.53 Å². The Morgan fingerprint density at radius 1 is 1.19 bits per heavy atom. The van der Waals surface area contributed by atoms with Crippen molar-refractivity contribution < 1.29 is 14.3 Å². The Morgan fingerprint density at radius 3 is 2.62 bits per heavy atom. The maximum Gasteiger partial charge on any atom is 0.256 e. The first kappa shape index (κ1) is 20.3. The van der Waals surface area contributed by atoms with Crippen LogP contribution >= 0.6 is 0 Å². The van der Waals surface area contributed by atoms with Crippen LogP contribution < -0.4 is 10.1 Å². The molecule has 0 atom stereocenters. The summed E-state index contributed by atoms with van der Waals surface area (Å²) in [6, 6.07) is 7.37. The molecule has 0 aliphatic heterocycles. The van der Waals surface area contributed by atoms with Crippen molar-refractivity contribution in [3.63, 3.8) is 0 Å². The van der Waals surface area contributed by atoms with Gasteiger partial charge in [-0.2, -0.15) is 5.26 Å². The number of nitrogens with one attached hydrogen (secondary N) is 1. The highest BCUT2D eigenvalue weighted by molar-refractivity contribution is 5.97. The molecule has 1 aromatic rings. The first-order chi connectivity index (χ1) is 12.6. The van der Waals surface area contributed by atoms with E-state index in [4.69, 9.17) is 9.47 Å². The predicted molar refractivity (Wildman–Crippen MR) is 102 cm³/mol. The van der Waals surface area contributed by atoms with Crippen LogP contribution in [0.1, 0.15) is 70.8 Å². The van der Waals surface area contributed by atoms with E-state index in [2.05, 4.69) is 18.3 Å². The molecule has 5 heteroatoms. The zero-order valence-electron chi connectivity index (χ0n) is 16.0. The maximum absolute atomic E-state index is 12.9. The Bertz CT molecular complexity index is 631. The molecule has 26 heavy (non-hydrogen) atoms. The van der Waals surface area contributed by atoms with Gasteiger partial charge in [-0.1, -0.05) is 39.5 Å². The van der Waals surface area contributed by atoms with E-state index in [1.54, 1.807) is 18.2 Å². The molecule has 0 aromatic heterocycles. The van der Waals surface area contributed by atoms with Gasteiger partial charge in [-0.3, -0.25) is 4.79 Å². The summed E-state index contributed by atoms with van der Waals surface area (Å²) in [5, 5.41) is 12.3. The van der Waals surface area contributed by atoms with Crippen LogP contribution in [0, 0.1) is 11.3 Å². The molecule has 1 aliphatic carbocycles. The van der Waals surface area contributed by atoms with Crippen molar-refractivity contribution in [3.8, 4) is 11.8 Å². The van der Waals surface area contributed by atoms with E-state index in [0.29, 0.717) is 30.2 Å². The Balaban J connectivity index is 2.10. The number of hydrogen-bond acceptors (Lipinski definition) is 4. The van der Waals surface area contributed by atoms with Gasteiger partial charge >= 0.3 is 0 Å². The Morgan fingerprint density at radius 2 is 1.96 bits per heavy atom. The smallest absolute Gasteiger partial charge is 0.256 e. The van der Waals surface area contributed by atoms with Gasteiger partial charge in [-0.15, -0.1) is 0 Å². The second kappa shape index (κ2) is 10.2.